The summed E-state index contributed by atoms with van der Waals surface area (Å²) in [4.78, 5) is 0. The fourth-order valence-corrected chi connectivity index (χ4v) is 4.62. The lowest BCUT2D eigenvalue weighted by Gasteiger charge is -2.23. The van der Waals surface area contributed by atoms with Gasteiger partial charge in [-0.2, -0.15) is 0 Å². The van der Waals surface area contributed by atoms with Gasteiger partial charge in [-0.3, -0.25) is 0 Å². The summed E-state index contributed by atoms with van der Waals surface area (Å²) in [6.45, 7) is 0. The average Bonchev–Trinajstić information content (AvgIpc) is 2.67. The third-order valence-corrected chi connectivity index (χ3v) is 5.55. The van der Waals surface area contributed by atoms with E-state index in [2.05, 4.69) is 5.32 Å². The zero-order valence-corrected chi connectivity index (χ0v) is 11.9. The van der Waals surface area contributed by atoms with Crippen LogP contribution in [0.4, 0.5) is 8.78 Å². The van der Waals surface area contributed by atoms with Crippen molar-refractivity contribution in [2.24, 2.45) is 5.92 Å². The van der Waals surface area contributed by atoms with Gasteiger partial charge in [0, 0.05) is 11.1 Å². The van der Waals surface area contributed by atoms with E-state index in [1.165, 1.54) is 0 Å². The van der Waals surface area contributed by atoms with Gasteiger partial charge >= 0.3 is 0 Å². The van der Waals surface area contributed by atoms with E-state index < -0.39 is 27.5 Å². The van der Waals surface area contributed by atoms with Gasteiger partial charge in [-0.05, 0) is 37.1 Å². The van der Waals surface area contributed by atoms with Crippen molar-refractivity contribution in [1.29, 1.82) is 0 Å². The molecular weight excluding hydrogens is 296 g/mol. The molecule has 2 unspecified atom stereocenters. The van der Waals surface area contributed by atoms with Gasteiger partial charge in [-0.1, -0.05) is 11.6 Å². The lowest BCUT2D eigenvalue weighted by molar-refractivity contribution is 0.414. The Bertz CT molecular complexity index is 592. The zero-order valence-electron chi connectivity index (χ0n) is 10.3. The SMILES string of the molecule is CNC(c1cc(F)c(F)cc1Cl)C1CCS(=O)(=O)C1. The van der Waals surface area contributed by atoms with E-state index in [1.54, 1.807) is 7.05 Å². The Kier molecular flexibility index (Phi) is 4.13. The predicted molar refractivity (Wildman–Crippen MR) is 69.9 cm³/mol. The van der Waals surface area contributed by atoms with Crippen LogP contribution in [0.3, 0.4) is 0 Å². The third-order valence-electron chi connectivity index (χ3n) is 3.42. The monoisotopic (exact) mass is 309 g/mol. The second-order valence-electron chi connectivity index (χ2n) is 4.72. The Labute approximate surface area is 115 Å². The second-order valence-corrected chi connectivity index (χ2v) is 7.35. The minimum Gasteiger partial charge on any atom is -0.313 e. The first-order valence-corrected chi connectivity index (χ1v) is 8.06. The number of benzene rings is 1. The summed E-state index contributed by atoms with van der Waals surface area (Å²) in [6, 6.07) is 1.55. The number of nitrogens with one attached hydrogen (secondary N) is 1. The van der Waals surface area contributed by atoms with Gasteiger partial charge in [0.25, 0.3) is 0 Å². The molecule has 1 heterocycles. The Morgan fingerprint density at radius 1 is 1.37 bits per heavy atom. The van der Waals surface area contributed by atoms with Crippen LogP contribution in [0, 0.1) is 17.6 Å². The summed E-state index contributed by atoms with van der Waals surface area (Å²) in [6.07, 6.45) is 0.489. The molecule has 0 aliphatic carbocycles. The molecule has 0 radical (unpaired) electrons. The number of hydrogen-bond acceptors (Lipinski definition) is 3. The summed E-state index contributed by atoms with van der Waals surface area (Å²) >= 11 is 5.93. The first-order valence-electron chi connectivity index (χ1n) is 5.86. The van der Waals surface area contributed by atoms with Crippen LogP contribution in [0.25, 0.3) is 0 Å². The lowest BCUT2D eigenvalue weighted by Crippen LogP contribution is -2.26. The standard InChI is InChI=1S/C12H14ClF2NO2S/c1-16-12(7-2-3-19(17,18)6-7)8-4-10(14)11(15)5-9(8)13/h4-5,7,12,16H,2-3,6H2,1H3. The summed E-state index contributed by atoms with van der Waals surface area (Å²) in [5.41, 5.74) is 0.394. The van der Waals surface area contributed by atoms with Crippen molar-refractivity contribution in [3.05, 3.63) is 34.4 Å². The normalized spacial score (nSPS) is 23.5. The smallest absolute Gasteiger partial charge is 0.160 e. The quantitative estimate of drug-likeness (QED) is 0.872. The van der Waals surface area contributed by atoms with Crippen LogP contribution in [0.1, 0.15) is 18.0 Å². The summed E-state index contributed by atoms with van der Waals surface area (Å²) in [5.74, 6) is -2.02. The molecule has 1 aliphatic rings. The second kappa shape index (κ2) is 5.34. The van der Waals surface area contributed by atoms with E-state index in [-0.39, 0.29) is 22.4 Å². The molecule has 3 nitrogen and oxygen atoms in total. The number of halogens is 3. The summed E-state index contributed by atoms with van der Waals surface area (Å²) in [7, 11) is -1.39. The topological polar surface area (TPSA) is 46.2 Å². The maximum atomic E-state index is 13.3. The minimum atomic E-state index is -3.04. The molecule has 1 aromatic carbocycles. The number of sulfone groups is 1. The molecule has 1 aromatic rings. The Morgan fingerprint density at radius 2 is 2.00 bits per heavy atom. The van der Waals surface area contributed by atoms with Crippen molar-refractivity contribution in [1.82, 2.24) is 5.32 Å². The Balaban J connectivity index is 2.35. The molecule has 19 heavy (non-hydrogen) atoms. The van der Waals surface area contributed by atoms with Gasteiger partial charge in [0.15, 0.2) is 21.5 Å². The molecule has 0 amide bonds. The summed E-state index contributed by atoms with van der Waals surface area (Å²) < 4.78 is 49.4. The van der Waals surface area contributed by atoms with E-state index in [0.29, 0.717) is 12.0 Å². The van der Waals surface area contributed by atoms with Crippen molar-refractivity contribution in [2.75, 3.05) is 18.6 Å². The Hall–Kier alpha value is -0.720. The van der Waals surface area contributed by atoms with Crippen LogP contribution in [-0.4, -0.2) is 27.0 Å². The van der Waals surface area contributed by atoms with Crippen LogP contribution in [0.5, 0.6) is 0 Å². The van der Waals surface area contributed by atoms with Crippen molar-refractivity contribution in [2.45, 2.75) is 12.5 Å². The maximum Gasteiger partial charge on any atom is 0.160 e. The fraction of sp³-hybridized carbons (Fsp3) is 0.500. The van der Waals surface area contributed by atoms with Crippen molar-refractivity contribution < 1.29 is 17.2 Å². The molecule has 1 saturated heterocycles. The predicted octanol–water partition coefficient (Wildman–Crippen LogP) is 2.31. The molecule has 1 N–H and O–H groups in total. The highest BCUT2D eigenvalue weighted by atomic mass is 35.5. The third kappa shape index (κ3) is 3.07. The molecule has 2 atom stereocenters. The number of rotatable bonds is 3. The van der Waals surface area contributed by atoms with Crippen LogP contribution in [-0.2, 0) is 9.84 Å². The van der Waals surface area contributed by atoms with Crippen molar-refractivity contribution >= 4 is 21.4 Å². The van der Waals surface area contributed by atoms with E-state index in [0.717, 1.165) is 12.1 Å². The molecule has 0 saturated carbocycles. The Morgan fingerprint density at radius 3 is 2.53 bits per heavy atom. The number of hydrogen-bond donors (Lipinski definition) is 1. The van der Waals surface area contributed by atoms with Gasteiger partial charge in [-0.15, -0.1) is 0 Å². The van der Waals surface area contributed by atoms with Gasteiger partial charge in [0.05, 0.1) is 11.5 Å². The molecule has 0 spiro atoms. The molecule has 1 fully saturated rings. The van der Waals surface area contributed by atoms with E-state index in [1.807, 2.05) is 0 Å². The lowest BCUT2D eigenvalue weighted by atomic mass is 9.92. The molecule has 0 bridgehead atoms. The summed E-state index contributed by atoms with van der Waals surface area (Å²) in [5, 5.41) is 3.05. The molecule has 7 heteroatoms. The zero-order chi connectivity index (χ0) is 14.2. The average molecular weight is 310 g/mol. The highest BCUT2D eigenvalue weighted by Gasteiger charge is 2.34. The molecular formula is C12H14ClF2NO2S. The van der Waals surface area contributed by atoms with E-state index in [9.17, 15) is 17.2 Å². The largest absolute Gasteiger partial charge is 0.313 e. The molecule has 0 aromatic heterocycles. The van der Waals surface area contributed by atoms with Gasteiger partial charge in [-0.25, -0.2) is 17.2 Å². The van der Waals surface area contributed by atoms with Gasteiger partial charge in [0.1, 0.15) is 0 Å². The van der Waals surface area contributed by atoms with Crippen LogP contribution in [0.15, 0.2) is 12.1 Å². The first kappa shape index (κ1) is 14.7. The van der Waals surface area contributed by atoms with Gasteiger partial charge in [0.2, 0.25) is 0 Å². The molecule has 106 valence electrons. The highest BCUT2D eigenvalue weighted by Crippen LogP contribution is 2.35. The molecule has 1 aliphatic heterocycles. The van der Waals surface area contributed by atoms with E-state index >= 15 is 0 Å². The molecule has 2 rings (SSSR count). The first-order chi connectivity index (χ1) is 8.84. The van der Waals surface area contributed by atoms with Crippen LogP contribution in [0.2, 0.25) is 5.02 Å². The van der Waals surface area contributed by atoms with Crippen molar-refractivity contribution in [3.63, 3.8) is 0 Å². The fourth-order valence-electron chi connectivity index (χ4n) is 2.51. The highest BCUT2D eigenvalue weighted by molar-refractivity contribution is 7.91. The van der Waals surface area contributed by atoms with Crippen LogP contribution >= 0.6 is 11.6 Å². The minimum absolute atomic E-state index is 0.0355. The van der Waals surface area contributed by atoms with Gasteiger partial charge < -0.3 is 5.32 Å². The van der Waals surface area contributed by atoms with Crippen LogP contribution < -0.4 is 5.32 Å². The maximum absolute atomic E-state index is 13.3. The van der Waals surface area contributed by atoms with Crippen molar-refractivity contribution in [3.8, 4) is 0 Å². The van der Waals surface area contributed by atoms with E-state index in [4.69, 9.17) is 11.6 Å².